The van der Waals surface area contributed by atoms with E-state index in [4.69, 9.17) is 9.11 Å². The normalized spacial score (nSPS) is 13.8. The van der Waals surface area contributed by atoms with Gasteiger partial charge in [0.25, 0.3) is 40.5 Å². The van der Waals surface area contributed by atoms with Crippen LogP contribution in [0.2, 0.25) is 0 Å². The Morgan fingerprint density at radius 3 is 1.52 bits per heavy atom. The standard InChI is InChI=1S/C10H7O13S4/c11-4-3-7(26(18,19)20)10(27(21,22)23)9-6(25(15,16)17)2-1-5(8(4)9)24(12,13)14/h2-3,11H,(H,12,13,14)(H,15,16,17)(H,18,19,20)(H,21,22,23). The lowest BCUT2D eigenvalue weighted by Crippen LogP contribution is -2.13. The summed E-state index contributed by atoms with van der Waals surface area (Å²) in [5.74, 6) is -1.44. The van der Waals surface area contributed by atoms with Crippen LogP contribution in [0.4, 0.5) is 0 Å². The third kappa shape index (κ3) is 3.89. The maximum atomic E-state index is 11.7. The largest absolute Gasteiger partial charge is 0.507 e. The molecule has 0 saturated heterocycles. The van der Waals surface area contributed by atoms with Crippen molar-refractivity contribution in [2.75, 3.05) is 0 Å². The van der Waals surface area contributed by atoms with E-state index in [1.807, 2.05) is 0 Å². The lowest BCUT2D eigenvalue weighted by molar-refractivity contribution is 0.458. The predicted octanol–water partition coefficient (Wildman–Crippen LogP) is -0.668. The molecule has 0 heterocycles. The molecule has 0 bridgehead atoms. The molecule has 17 heteroatoms. The van der Waals surface area contributed by atoms with Gasteiger partial charge in [-0.2, -0.15) is 33.7 Å². The van der Waals surface area contributed by atoms with Gasteiger partial charge in [-0.25, -0.2) is 0 Å². The summed E-state index contributed by atoms with van der Waals surface area (Å²) in [5.41, 5.74) is 0. The van der Waals surface area contributed by atoms with Crippen molar-refractivity contribution in [3.63, 3.8) is 0 Å². The fourth-order valence-corrected chi connectivity index (χ4v) is 5.64. The fraction of sp³-hybridized carbons (Fsp3) is 0. The van der Waals surface area contributed by atoms with Crippen LogP contribution in [0.15, 0.2) is 31.7 Å². The molecular weight excluding hydrogens is 456 g/mol. The van der Waals surface area contributed by atoms with Gasteiger partial charge in [0.2, 0.25) is 0 Å². The number of phenols is 1. The third-order valence-electron chi connectivity index (χ3n) is 3.10. The fourth-order valence-electron chi connectivity index (χ4n) is 2.22. The lowest BCUT2D eigenvalue weighted by Gasteiger charge is -2.14. The first-order valence-corrected chi connectivity index (χ1v) is 11.8. The molecule has 0 aromatic heterocycles. The van der Waals surface area contributed by atoms with Crippen molar-refractivity contribution in [1.82, 2.24) is 0 Å². The SMILES string of the molecule is O=S(=O)(O)c1cc(O)c2c(S(=O)(=O)O)[c]cc(S(=O)(=O)O)c2c1S(=O)(=O)O. The van der Waals surface area contributed by atoms with Gasteiger partial charge >= 0.3 is 0 Å². The molecule has 2 rings (SSSR count). The van der Waals surface area contributed by atoms with Crippen molar-refractivity contribution in [3.8, 4) is 5.75 Å². The zero-order valence-corrected chi connectivity index (χ0v) is 15.6. The van der Waals surface area contributed by atoms with Crippen molar-refractivity contribution in [2.24, 2.45) is 0 Å². The van der Waals surface area contributed by atoms with Crippen LogP contribution in [0.5, 0.6) is 5.75 Å². The quantitative estimate of drug-likeness (QED) is 0.354. The van der Waals surface area contributed by atoms with Crippen LogP contribution in [-0.4, -0.2) is 57.0 Å². The van der Waals surface area contributed by atoms with E-state index in [0.717, 1.165) is 0 Å². The Morgan fingerprint density at radius 2 is 1.15 bits per heavy atom. The summed E-state index contributed by atoms with van der Waals surface area (Å²) in [6.45, 7) is 0. The molecule has 0 saturated carbocycles. The van der Waals surface area contributed by atoms with E-state index < -0.39 is 76.6 Å². The Hall–Kier alpha value is -1.86. The predicted molar refractivity (Wildman–Crippen MR) is 83.7 cm³/mol. The Balaban J connectivity index is 3.53. The van der Waals surface area contributed by atoms with Crippen LogP contribution in [0.1, 0.15) is 0 Å². The average Bonchev–Trinajstić information content (AvgIpc) is 2.41. The van der Waals surface area contributed by atoms with Crippen molar-refractivity contribution < 1.29 is 57.0 Å². The minimum Gasteiger partial charge on any atom is -0.507 e. The van der Waals surface area contributed by atoms with Crippen LogP contribution in [0.3, 0.4) is 0 Å². The van der Waals surface area contributed by atoms with Crippen LogP contribution >= 0.6 is 0 Å². The first-order chi connectivity index (χ1) is 11.9. The molecular formula is C10H7O13S4. The number of hydrogen-bond donors (Lipinski definition) is 5. The molecule has 13 nitrogen and oxygen atoms in total. The van der Waals surface area contributed by atoms with Crippen LogP contribution in [0.25, 0.3) is 10.8 Å². The molecule has 27 heavy (non-hydrogen) atoms. The first-order valence-electron chi connectivity index (χ1n) is 6.01. The third-order valence-corrected chi connectivity index (χ3v) is 6.77. The number of phenolic OH excluding ortho intramolecular Hbond substituents is 1. The number of rotatable bonds is 4. The molecule has 0 spiro atoms. The highest BCUT2D eigenvalue weighted by Gasteiger charge is 2.34. The van der Waals surface area contributed by atoms with Gasteiger partial charge in [0.15, 0.2) is 0 Å². The second-order valence-electron chi connectivity index (χ2n) is 4.86. The van der Waals surface area contributed by atoms with Crippen LogP contribution in [-0.2, 0) is 40.5 Å². The summed E-state index contributed by atoms with van der Waals surface area (Å²) in [4.78, 5) is -6.51. The minimum absolute atomic E-state index is 0.0168. The van der Waals surface area contributed by atoms with E-state index in [1.165, 1.54) is 0 Å². The maximum absolute atomic E-state index is 11.7. The maximum Gasteiger partial charge on any atom is 0.296 e. The van der Waals surface area contributed by atoms with Gasteiger partial charge in [0, 0.05) is 22.9 Å². The molecule has 0 aliphatic carbocycles. The van der Waals surface area contributed by atoms with Gasteiger partial charge in [0.1, 0.15) is 25.3 Å². The molecule has 0 aliphatic heterocycles. The lowest BCUT2D eigenvalue weighted by atomic mass is 10.1. The Kier molecular flexibility index (Phi) is 4.82. The van der Waals surface area contributed by atoms with E-state index in [-0.39, 0.29) is 12.1 Å². The van der Waals surface area contributed by atoms with E-state index in [0.29, 0.717) is 0 Å². The molecule has 2 aromatic rings. The molecule has 0 unspecified atom stereocenters. The number of hydrogen-bond acceptors (Lipinski definition) is 9. The van der Waals surface area contributed by atoms with Gasteiger partial charge in [-0.15, -0.1) is 0 Å². The molecule has 5 N–H and O–H groups in total. The summed E-state index contributed by atoms with van der Waals surface area (Å²) in [6.07, 6.45) is 0. The summed E-state index contributed by atoms with van der Waals surface area (Å²) < 4.78 is 129. The highest BCUT2D eigenvalue weighted by atomic mass is 32.2. The van der Waals surface area contributed by atoms with Crippen molar-refractivity contribution in [1.29, 1.82) is 0 Å². The summed E-state index contributed by atoms with van der Waals surface area (Å²) in [5, 5.41) is 7.07. The second-order valence-corrected chi connectivity index (χ2v) is 10.4. The Bertz CT molecular complexity index is 1400. The first kappa shape index (κ1) is 21.4. The van der Waals surface area contributed by atoms with Crippen molar-refractivity contribution in [3.05, 3.63) is 18.2 Å². The minimum atomic E-state index is -5.72. The van der Waals surface area contributed by atoms with Crippen molar-refractivity contribution in [2.45, 2.75) is 19.6 Å². The second kappa shape index (κ2) is 6.07. The topological polar surface area (TPSA) is 238 Å². The number of benzene rings is 2. The van der Waals surface area contributed by atoms with Gasteiger partial charge in [-0.05, 0) is 6.07 Å². The molecule has 1 radical (unpaired) electrons. The van der Waals surface area contributed by atoms with Gasteiger partial charge in [-0.1, -0.05) is 0 Å². The molecule has 0 fully saturated rings. The molecule has 2 aromatic carbocycles. The molecule has 0 amide bonds. The molecule has 0 aliphatic rings. The van der Waals surface area contributed by atoms with E-state index in [2.05, 4.69) is 0 Å². The monoisotopic (exact) mass is 463 g/mol. The van der Waals surface area contributed by atoms with Crippen LogP contribution in [0, 0.1) is 6.07 Å². The van der Waals surface area contributed by atoms with Crippen LogP contribution < -0.4 is 0 Å². The molecule has 149 valence electrons. The smallest absolute Gasteiger partial charge is 0.296 e. The summed E-state index contributed by atoms with van der Waals surface area (Å²) >= 11 is 0. The Labute approximate surface area is 151 Å². The zero-order valence-electron chi connectivity index (χ0n) is 12.3. The number of fused-ring (bicyclic) bond motifs is 1. The van der Waals surface area contributed by atoms with E-state index in [9.17, 15) is 47.9 Å². The summed E-state index contributed by atoms with van der Waals surface area (Å²) in [7, 11) is -22.0. The van der Waals surface area contributed by atoms with Gasteiger partial charge < -0.3 is 5.11 Å². The summed E-state index contributed by atoms with van der Waals surface area (Å²) in [6, 6.07) is 1.80. The van der Waals surface area contributed by atoms with Gasteiger partial charge in [-0.3, -0.25) is 18.2 Å². The zero-order chi connectivity index (χ0) is 21.2. The average molecular weight is 463 g/mol. The number of aromatic hydroxyl groups is 1. The van der Waals surface area contributed by atoms with E-state index >= 15 is 0 Å². The highest BCUT2D eigenvalue weighted by Crippen LogP contribution is 2.42. The molecule has 0 atom stereocenters. The Morgan fingerprint density at radius 1 is 0.667 bits per heavy atom. The van der Waals surface area contributed by atoms with Gasteiger partial charge in [0.05, 0.1) is 0 Å². The van der Waals surface area contributed by atoms with E-state index in [1.54, 1.807) is 6.07 Å². The highest BCUT2D eigenvalue weighted by molar-refractivity contribution is 7.89. The van der Waals surface area contributed by atoms with Crippen molar-refractivity contribution >= 4 is 51.2 Å².